The first-order valence-electron chi connectivity index (χ1n) is 7.58. The van der Waals surface area contributed by atoms with Crippen LogP contribution in [0.25, 0.3) is 0 Å². The highest BCUT2D eigenvalue weighted by molar-refractivity contribution is 9.10. The van der Waals surface area contributed by atoms with Crippen LogP contribution in [-0.2, 0) is 0 Å². The Kier molecular flexibility index (Phi) is 4.03. The van der Waals surface area contributed by atoms with Crippen molar-refractivity contribution in [1.82, 2.24) is 10.2 Å². The van der Waals surface area contributed by atoms with Crippen molar-refractivity contribution < 1.29 is 9.13 Å². The van der Waals surface area contributed by atoms with Gasteiger partial charge in [0.15, 0.2) is 16.7 Å². The maximum atomic E-state index is 14.7. The predicted octanol–water partition coefficient (Wildman–Crippen LogP) is 4.14. The minimum atomic E-state index is -0.358. The molecular weight excluding hydrogens is 381 g/mol. The molecule has 0 saturated carbocycles. The molecule has 23 heavy (non-hydrogen) atoms. The van der Waals surface area contributed by atoms with Gasteiger partial charge in [0.1, 0.15) is 6.17 Å². The molecule has 0 aromatic heterocycles. The Morgan fingerprint density at radius 2 is 2.35 bits per heavy atom. The fourth-order valence-electron chi connectivity index (χ4n) is 3.27. The Hall–Kier alpha value is -1.18. The number of allylic oxidation sites excluding steroid dienone is 2. The van der Waals surface area contributed by atoms with Gasteiger partial charge in [-0.2, -0.15) is 0 Å². The van der Waals surface area contributed by atoms with E-state index in [4.69, 9.17) is 4.74 Å². The van der Waals surface area contributed by atoms with Crippen molar-refractivity contribution in [3.8, 4) is 5.75 Å². The van der Waals surface area contributed by atoms with Gasteiger partial charge in [0.2, 0.25) is 0 Å². The lowest BCUT2D eigenvalue weighted by molar-refractivity contribution is 0.200. The molecule has 122 valence electrons. The quantitative estimate of drug-likeness (QED) is 0.744. The smallest absolute Gasteiger partial charge is 0.180 e. The molecule has 4 rings (SSSR count). The van der Waals surface area contributed by atoms with E-state index in [1.165, 1.54) is 11.8 Å². The molecule has 0 amide bonds. The van der Waals surface area contributed by atoms with Crippen molar-refractivity contribution in [2.75, 3.05) is 24.8 Å². The zero-order valence-corrected chi connectivity index (χ0v) is 15.1. The van der Waals surface area contributed by atoms with Crippen LogP contribution in [0.5, 0.6) is 5.75 Å². The number of benzene rings is 1. The number of nitrogens with one attached hydrogen (secondary N) is 2. The topological polar surface area (TPSA) is 36.5 Å². The number of hydrogen-bond acceptors (Lipinski definition) is 5. The van der Waals surface area contributed by atoms with Gasteiger partial charge >= 0.3 is 0 Å². The highest BCUT2D eigenvalue weighted by Gasteiger charge is 2.35. The lowest BCUT2D eigenvalue weighted by atomic mass is 10.0. The van der Waals surface area contributed by atoms with E-state index in [1.807, 2.05) is 12.3 Å². The standard InChI is InChI=1S/C16H17BrFN3OS/c1-23-12-6-9-4-2-3-5-21(9)16-13-11(19-8-20-16)7-10(17)14(18)15(13)22-12/h4,6-7,16,19-20H,2-3,5,8H2,1H3. The number of fused-ring (bicyclic) bond motifs is 2. The summed E-state index contributed by atoms with van der Waals surface area (Å²) < 4.78 is 21.1. The van der Waals surface area contributed by atoms with Crippen LogP contribution in [0, 0.1) is 5.82 Å². The highest BCUT2D eigenvalue weighted by atomic mass is 79.9. The van der Waals surface area contributed by atoms with Crippen LogP contribution in [0.15, 0.2) is 33.5 Å². The van der Waals surface area contributed by atoms with Crippen molar-refractivity contribution in [3.05, 3.63) is 44.9 Å². The minimum absolute atomic E-state index is 0.0879. The van der Waals surface area contributed by atoms with E-state index in [0.29, 0.717) is 22.0 Å². The summed E-state index contributed by atoms with van der Waals surface area (Å²) in [5.41, 5.74) is 2.88. The molecular formula is C16H17BrFN3OS. The molecule has 0 bridgehead atoms. The number of thioether (sulfide) groups is 1. The van der Waals surface area contributed by atoms with E-state index in [9.17, 15) is 4.39 Å². The van der Waals surface area contributed by atoms with E-state index < -0.39 is 0 Å². The monoisotopic (exact) mass is 397 g/mol. The normalized spacial score (nSPS) is 22.6. The molecule has 0 spiro atoms. The van der Waals surface area contributed by atoms with Crippen LogP contribution in [0.1, 0.15) is 24.6 Å². The largest absolute Gasteiger partial charge is 0.447 e. The van der Waals surface area contributed by atoms with Crippen LogP contribution in [0.3, 0.4) is 0 Å². The van der Waals surface area contributed by atoms with Crippen molar-refractivity contribution in [3.63, 3.8) is 0 Å². The number of hydrogen-bond donors (Lipinski definition) is 2. The fourth-order valence-corrected chi connectivity index (χ4v) is 4.09. The molecule has 1 aromatic carbocycles. The second kappa shape index (κ2) is 6.03. The van der Waals surface area contributed by atoms with Gasteiger partial charge in [0, 0.05) is 24.0 Å². The third kappa shape index (κ3) is 2.55. The van der Waals surface area contributed by atoms with Gasteiger partial charge in [-0.05, 0) is 41.1 Å². The van der Waals surface area contributed by atoms with Gasteiger partial charge in [0.05, 0.1) is 16.7 Å². The zero-order chi connectivity index (χ0) is 16.0. The molecule has 3 aliphatic heterocycles. The summed E-state index contributed by atoms with van der Waals surface area (Å²) in [4.78, 5) is 2.30. The third-order valence-electron chi connectivity index (χ3n) is 4.33. The Labute approximate surface area is 147 Å². The maximum absolute atomic E-state index is 14.7. The molecule has 3 aliphatic rings. The molecule has 2 N–H and O–H groups in total. The van der Waals surface area contributed by atoms with E-state index in [-0.39, 0.29) is 12.0 Å². The lowest BCUT2D eigenvalue weighted by Crippen LogP contribution is -2.45. The summed E-state index contributed by atoms with van der Waals surface area (Å²) in [7, 11) is 0. The summed E-state index contributed by atoms with van der Waals surface area (Å²) >= 11 is 4.78. The molecule has 0 radical (unpaired) electrons. The molecule has 7 heteroatoms. The van der Waals surface area contributed by atoms with Gasteiger partial charge in [-0.25, -0.2) is 4.39 Å². The molecule has 1 unspecified atom stereocenters. The number of halogens is 2. The second-order valence-electron chi connectivity index (χ2n) is 5.66. The summed E-state index contributed by atoms with van der Waals surface area (Å²) in [5.74, 6) is -0.0621. The highest BCUT2D eigenvalue weighted by Crippen LogP contribution is 2.45. The van der Waals surface area contributed by atoms with Crippen molar-refractivity contribution in [2.24, 2.45) is 0 Å². The zero-order valence-electron chi connectivity index (χ0n) is 12.7. The van der Waals surface area contributed by atoms with Gasteiger partial charge < -0.3 is 15.0 Å². The van der Waals surface area contributed by atoms with Gasteiger partial charge in [-0.15, -0.1) is 0 Å². The van der Waals surface area contributed by atoms with Crippen LogP contribution in [0.2, 0.25) is 0 Å². The Bertz CT molecular complexity index is 722. The Balaban J connectivity index is 1.96. The fraction of sp³-hybridized carbons (Fsp3) is 0.375. The van der Waals surface area contributed by atoms with E-state index in [0.717, 1.165) is 36.3 Å². The van der Waals surface area contributed by atoms with Crippen LogP contribution in [0.4, 0.5) is 10.1 Å². The van der Waals surface area contributed by atoms with Crippen LogP contribution >= 0.6 is 27.7 Å². The summed E-state index contributed by atoms with van der Waals surface area (Å²) in [6.45, 7) is 1.58. The van der Waals surface area contributed by atoms with Crippen molar-refractivity contribution in [2.45, 2.75) is 19.0 Å². The van der Waals surface area contributed by atoms with Crippen LogP contribution in [-0.4, -0.2) is 24.4 Å². The van der Waals surface area contributed by atoms with E-state index >= 15 is 0 Å². The van der Waals surface area contributed by atoms with Gasteiger partial charge in [0.25, 0.3) is 0 Å². The number of rotatable bonds is 1. The Morgan fingerprint density at radius 3 is 3.17 bits per heavy atom. The van der Waals surface area contributed by atoms with E-state index in [1.54, 1.807) is 6.07 Å². The maximum Gasteiger partial charge on any atom is 0.180 e. The second-order valence-corrected chi connectivity index (χ2v) is 7.32. The Morgan fingerprint density at radius 1 is 1.48 bits per heavy atom. The SMILES string of the molecule is CSC1=CC2=CCCCN2C2NCNc3cc(Br)c(F)c(c32)O1. The lowest BCUT2D eigenvalue weighted by Gasteiger charge is -2.42. The van der Waals surface area contributed by atoms with Crippen molar-refractivity contribution >= 4 is 33.4 Å². The summed E-state index contributed by atoms with van der Waals surface area (Å²) in [5, 5.41) is 7.43. The first-order chi connectivity index (χ1) is 11.2. The molecule has 3 heterocycles. The first kappa shape index (κ1) is 15.4. The molecule has 0 saturated heterocycles. The van der Waals surface area contributed by atoms with Crippen LogP contribution < -0.4 is 15.4 Å². The molecule has 0 fully saturated rings. The van der Waals surface area contributed by atoms with Gasteiger partial charge in [-0.1, -0.05) is 17.8 Å². The molecule has 1 atom stereocenters. The predicted molar refractivity (Wildman–Crippen MR) is 94.7 cm³/mol. The minimum Gasteiger partial charge on any atom is -0.447 e. The molecule has 0 aliphatic carbocycles. The average molecular weight is 398 g/mol. The molecule has 1 aromatic rings. The summed E-state index contributed by atoms with van der Waals surface area (Å²) in [6.07, 6.45) is 8.25. The first-order valence-corrected chi connectivity index (χ1v) is 9.60. The number of ether oxygens (including phenoxy) is 1. The average Bonchev–Trinajstić information content (AvgIpc) is 2.56. The van der Waals surface area contributed by atoms with E-state index in [2.05, 4.69) is 37.5 Å². The summed E-state index contributed by atoms with van der Waals surface area (Å²) in [6, 6.07) is 1.79. The molecule has 4 nitrogen and oxygen atoms in total. The van der Waals surface area contributed by atoms with Gasteiger partial charge in [-0.3, -0.25) is 5.32 Å². The third-order valence-corrected chi connectivity index (χ3v) is 5.51. The number of nitrogens with zero attached hydrogens (tertiary/aromatic N) is 1. The number of anilines is 1. The van der Waals surface area contributed by atoms with Crippen molar-refractivity contribution in [1.29, 1.82) is 0 Å².